The first-order valence-electron chi connectivity index (χ1n) is 5.34. The monoisotopic (exact) mass is 198 g/mol. The van der Waals surface area contributed by atoms with Crippen molar-refractivity contribution in [1.29, 1.82) is 0 Å². The molecule has 3 nitrogen and oxygen atoms in total. The maximum Gasteiger partial charge on any atom is 0.243 e. The first-order valence-corrected chi connectivity index (χ1v) is 5.34. The molecule has 1 aromatic rings. The Bertz CT molecular complexity index is 233. The number of imidazole rings is 1. The lowest BCUT2D eigenvalue weighted by Crippen LogP contribution is -2.23. The van der Waals surface area contributed by atoms with Crippen LogP contribution in [0.3, 0.4) is 0 Å². The minimum atomic E-state index is 0. The van der Waals surface area contributed by atoms with Crippen molar-refractivity contribution in [2.45, 2.75) is 45.6 Å². The first kappa shape index (κ1) is 13.2. The van der Waals surface area contributed by atoms with E-state index in [2.05, 4.69) is 41.8 Å². The van der Waals surface area contributed by atoms with Gasteiger partial charge in [0.25, 0.3) is 0 Å². The molecule has 1 N–H and O–H groups in total. The molecule has 0 atom stereocenters. The molecule has 0 fully saturated rings. The van der Waals surface area contributed by atoms with Gasteiger partial charge in [-0.25, -0.2) is 9.13 Å². The maximum atomic E-state index is 2.26. The molecule has 0 saturated heterocycles. The highest BCUT2D eigenvalue weighted by Crippen LogP contribution is 2.03. The van der Waals surface area contributed by atoms with Gasteiger partial charge in [-0.05, 0) is 12.8 Å². The SMILES string of the molecule is CCCCCCCn1cc[n+](C)c1.[OH-]. The van der Waals surface area contributed by atoms with Crippen LogP contribution in [0.15, 0.2) is 18.7 Å². The molecule has 0 spiro atoms. The average Bonchev–Trinajstić information content (AvgIpc) is 2.51. The van der Waals surface area contributed by atoms with Crippen molar-refractivity contribution in [2.75, 3.05) is 0 Å². The van der Waals surface area contributed by atoms with Crippen molar-refractivity contribution < 1.29 is 10.0 Å². The van der Waals surface area contributed by atoms with Crippen molar-refractivity contribution in [3.8, 4) is 0 Å². The predicted octanol–water partition coefficient (Wildman–Crippen LogP) is 2.11. The Kier molecular flexibility index (Phi) is 7.11. The van der Waals surface area contributed by atoms with E-state index in [0.29, 0.717) is 0 Å². The van der Waals surface area contributed by atoms with E-state index in [1.807, 2.05) is 0 Å². The van der Waals surface area contributed by atoms with E-state index < -0.39 is 0 Å². The van der Waals surface area contributed by atoms with Crippen LogP contribution in [0.25, 0.3) is 0 Å². The van der Waals surface area contributed by atoms with E-state index in [9.17, 15) is 0 Å². The zero-order valence-corrected chi connectivity index (χ0v) is 9.32. The molecule has 1 aromatic heterocycles. The molecule has 14 heavy (non-hydrogen) atoms. The molecule has 0 bridgehead atoms. The van der Waals surface area contributed by atoms with E-state index in [-0.39, 0.29) is 5.48 Å². The van der Waals surface area contributed by atoms with Gasteiger partial charge in [0, 0.05) is 0 Å². The molecule has 0 aromatic carbocycles. The fraction of sp³-hybridized carbons (Fsp3) is 0.727. The molecular formula is C11H22N2O. The summed E-state index contributed by atoms with van der Waals surface area (Å²) in [6.07, 6.45) is 13.2. The summed E-state index contributed by atoms with van der Waals surface area (Å²) in [4.78, 5) is 0. The van der Waals surface area contributed by atoms with Gasteiger partial charge in [0.05, 0.1) is 13.6 Å². The molecule has 0 radical (unpaired) electrons. The second-order valence-electron chi connectivity index (χ2n) is 3.73. The highest BCUT2D eigenvalue weighted by atomic mass is 16.0. The van der Waals surface area contributed by atoms with E-state index in [1.165, 1.54) is 38.6 Å². The van der Waals surface area contributed by atoms with Gasteiger partial charge >= 0.3 is 0 Å². The summed E-state index contributed by atoms with van der Waals surface area (Å²) in [7, 11) is 2.06. The summed E-state index contributed by atoms with van der Waals surface area (Å²) in [5.41, 5.74) is 0. The molecule has 1 heterocycles. The van der Waals surface area contributed by atoms with Crippen molar-refractivity contribution >= 4 is 0 Å². The number of rotatable bonds is 6. The van der Waals surface area contributed by atoms with E-state index in [0.717, 1.165) is 0 Å². The van der Waals surface area contributed by atoms with Crippen LogP contribution in [0, 0.1) is 0 Å². The second kappa shape index (κ2) is 7.56. The van der Waals surface area contributed by atoms with Gasteiger partial charge in [-0.3, -0.25) is 0 Å². The number of nitrogens with zero attached hydrogens (tertiary/aromatic N) is 2. The van der Waals surface area contributed by atoms with Crippen molar-refractivity contribution in [3.05, 3.63) is 18.7 Å². The third-order valence-corrected chi connectivity index (χ3v) is 2.34. The lowest BCUT2D eigenvalue weighted by Gasteiger charge is -1.97. The fourth-order valence-electron chi connectivity index (χ4n) is 1.53. The third kappa shape index (κ3) is 5.02. The van der Waals surface area contributed by atoms with Gasteiger partial charge in [-0.15, -0.1) is 0 Å². The Morgan fingerprint density at radius 2 is 1.86 bits per heavy atom. The van der Waals surface area contributed by atoms with Crippen molar-refractivity contribution in [1.82, 2.24) is 4.57 Å². The Morgan fingerprint density at radius 1 is 1.14 bits per heavy atom. The largest absolute Gasteiger partial charge is 0.870 e. The van der Waals surface area contributed by atoms with Gasteiger partial charge in [-0.1, -0.05) is 26.2 Å². The van der Waals surface area contributed by atoms with Gasteiger partial charge in [0.2, 0.25) is 6.33 Å². The van der Waals surface area contributed by atoms with Crippen LogP contribution in [0.1, 0.15) is 39.0 Å². The highest BCUT2D eigenvalue weighted by molar-refractivity contribution is 4.65. The summed E-state index contributed by atoms with van der Waals surface area (Å²) in [5, 5.41) is 0. The Labute approximate surface area is 86.7 Å². The van der Waals surface area contributed by atoms with E-state index in [4.69, 9.17) is 0 Å². The molecule has 0 saturated carbocycles. The van der Waals surface area contributed by atoms with E-state index >= 15 is 0 Å². The summed E-state index contributed by atoms with van der Waals surface area (Å²) < 4.78 is 4.35. The van der Waals surface area contributed by atoms with Gasteiger partial charge in [0.1, 0.15) is 12.4 Å². The van der Waals surface area contributed by atoms with Crippen LogP contribution in [0.5, 0.6) is 0 Å². The van der Waals surface area contributed by atoms with Crippen LogP contribution >= 0.6 is 0 Å². The van der Waals surface area contributed by atoms with Gasteiger partial charge < -0.3 is 5.48 Å². The van der Waals surface area contributed by atoms with Crippen LogP contribution in [-0.4, -0.2) is 10.0 Å². The summed E-state index contributed by atoms with van der Waals surface area (Å²) in [5.74, 6) is 0. The minimum absolute atomic E-state index is 0. The topological polar surface area (TPSA) is 38.8 Å². The predicted molar refractivity (Wildman–Crippen MR) is 56.3 cm³/mol. The maximum absolute atomic E-state index is 2.26. The van der Waals surface area contributed by atoms with Crippen LogP contribution in [0.2, 0.25) is 0 Å². The summed E-state index contributed by atoms with van der Waals surface area (Å²) in [6.45, 7) is 3.43. The van der Waals surface area contributed by atoms with Crippen LogP contribution < -0.4 is 4.57 Å². The smallest absolute Gasteiger partial charge is 0.243 e. The quantitative estimate of drug-likeness (QED) is 0.509. The van der Waals surface area contributed by atoms with Crippen LogP contribution in [0.4, 0.5) is 0 Å². The average molecular weight is 198 g/mol. The van der Waals surface area contributed by atoms with E-state index in [1.54, 1.807) is 0 Å². The molecule has 0 aliphatic carbocycles. The van der Waals surface area contributed by atoms with Crippen LogP contribution in [-0.2, 0) is 13.6 Å². The van der Waals surface area contributed by atoms with Gasteiger partial charge in [-0.2, -0.15) is 0 Å². The number of hydrogen-bond acceptors (Lipinski definition) is 1. The zero-order valence-electron chi connectivity index (χ0n) is 9.32. The normalized spacial score (nSPS) is 9.86. The number of unbranched alkanes of at least 4 members (excludes halogenated alkanes) is 4. The molecule has 3 heteroatoms. The van der Waals surface area contributed by atoms with Crippen molar-refractivity contribution in [2.24, 2.45) is 7.05 Å². The molecule has 0 aliphatic heterocycles. The fourth-order valence-corrected chi connectivity index (χ4v) is 1.53. The third-order valence-electron chi connectivity index (χ3n) is 2.34. The Morgan fingerprint density at radius 3 is 2.43 bits per heavy atom. The molecule has 82 valence electrons. The minimum Gasteiger partial charge on any atom is -0.870 e. The molecule has 0 aliphatic rings. The molecule has 0 unspecified atom stereocenters. The lowest BCUT2D eigenvalue weighted by molar-refractivity contribution is -0.671. The molecular weight excluding hydrogens is 176 g/mol. The standard InChI is InChI=1S/C11H21N2.H2O/c1-3-4-5-6-7-8-13-10-9-12(2)11-13;/h9-11H,3-8H2,1-2H3;1H2/q+1;/p-1. The zero-order chi connectivity index (χ0) is 9.52. The Balaban J connectivity index is 0.00000169. The summed E-state index contributed by atoms with van der Waals surface area (Å²) in [6, 6.07) is 0. The molecule has 0 amide bonds. The summed E-state index contributed by atoms with van der Waals surface area (Å²) >= 11 is 0. The number of hydrogen-bond donors (Lipinski definition) is 0. The van der Waals surface area contributed by atoms with Crippen molar-refractivity contribution in [3.63, 3.8) is 0 Å². The Hall–Kier alpha value is -0.830. The number of aryl methyl sites for hydroxylation is 2. The highest BCUT2D eigenvalue weighted by Gasteiger charge is 1.98. The molecule has 1 rings (SSSR count). The first-order chi connectivity index (χ1) is 6.33. The lowest BCUT2D eigenvalue weighted by atomic mass is 10.1. The van der Waals surface area contributed by atoms with Gasteiger partial charge in [0.15, 0.2) is 0 Å². The number of aromatic nitrogens is 2. The second-order valence-corrected chi connectivity index (χ2v) is 3.73.